The number of piperazine rings is 2. The molecule has 0 N–H and O–H groups in total. The Morgan fingerprint density at radius 2 is 1.47 bits per heavy atom. The van der Waals surface area contributed by atoms with Crippen molar-refractivity contribution in [3.8, 4) is 11.5 Å². The van der Waals surface area contributed by atoms with Gasteiger partial charge < -0.3 is 29.1 Å². The Labute approximate surface area is 177 Å². The number of nitrogens with zero attached hydrogens (tertiary/aromatic N) is 6. The molecule has 1 amide bonds. The molecule has 0 atom stereocenters. The Kier molecular flexibility index (Phi) is 5.80. The molecule has 1 aromatic carbocycles. The monoisotopic (exact) mass is 414 g/mol. The highest BCUT2D eigenvalue weighted by atomic mass is 16.5. The summed E-state index contributed by atoms with van der Waals surface area (Å²) in [7, 11) is 5.40. The number of fused-ring (bicyclic) bond motifs is 1. The molecule has 0 radical (unpaired) electrons. The lowest BCUT2D eigenvalue weighted by Gasteiger charge is -2.36. The van der Waals surface area contributed by atoms with Gasteiger partial charge in [0, 0.05) is 70.7 Å². The first-order valence-corrected chi connectivity index (χ1v) is 10.4. The minimum Gasteiger partial charge on any atom is -0.493 e. The van der Waals surface area contributed by atoms with Gasteiger partial charge in [0.05, 0.1) is 19.7 Å². The van der Waals surface area contributed by atoms with E-state index in [0.717, 1.165) is 61.9 Å². The minimum absolute atomic E-state index is 0.117. The van der Waals surface area contributed by atoms with Crippen LogP contribution in [0.2, 0.25) is 0 Å². The first-order valence-electron chi connectivity index (χ1n) is 10.4. The number of amides is 1. The summed E-state index contributed by atoms with van der Waals surface area (Å²) < 4.78 is 11.0. The second-order valence-electron chi connectivity index (χ2n) is 7.85. The van der Waals surface area contributed by atoms with Crippen LogP contribution < -0.4 is 19.3 Å². The van der Waals surface area contributed by atoms with Gasteiger partial charge in [-0.2, -0.15) is 4.98 Å². The Bertz CT molecular complexity index is 921. The quantitative estimate of drug-likeness (QED) is 0.736. The molecule has 30 heavy (non-hydrogen) atoms. The van der Waals surface area contributed by atoms with Crippen LogP contribution in [0.1, 0.15) is 6.92 Å². The standard InChI is InChI=1S/C21H30N6O3/c1-15(28)25-9-11-26(12-10-25)20-16-13-18(29-3)19(30-4)14-17(16)22-21(23-20)27-7-5-24(2)6-8-27/h13-14H,5-12H2,1-4H3. The van der Waals surface area contributed by atoms with Crippen LogP contribution in [0.25, 0.3) is 10.9 Å². The number of hydrogen-bond donors (Lipinski definition) is 0. The number of carbonyl (C=O) groups is 1. The zero-order valence-corrected chi connectivity index (χ0v) is 18.2. The van der Waals surface area contributed by atoms with Crippen molar-refractivity contribution in [1.29, 1.82) is 0 Å². The van der Waals surface area contributed by atoms with Gasteiger partial charge in [-0.15, -0.1) is 0 Å². The van der Waals surface area contributed by atoms with Crippen molar-refractivity contribution in [2.75, 3.05) is 83.4 Å². The predicted octanol–water partition coefficient (Wildman–Crippen LogP) is 1.07. The Balaban J connectivity index is 1.76. The van der Waals surface area contributed by atoms with E-state index in [1.807, 2.05) is 17.0 Å². The number of rotatable bonds is 4. The van der Waals surface area contributed by atoms with Gasteiger partial charge in [0.1, 0.15) is 5.82 Å². The van der Waals surface area contributed by atoms with E-state index in [4.69, 9.17) is 19.4 Å². The smallest absolute Gasteiger partial charge is 0.227 e. The lowest BCUT2D eigenvalue weighted by atomic mass is 10.1. The van der Waals surface area contributed by atoms with Gasteiger partial charge in [0.25, 0.3) is 0 Å². The van der Waals surface area contributed by atoms with Crippen LogP contribution in [0.3, 0.4) is 0 Å². The van der Waals surface area contributed by atoms with Crippen molar-refractivity contribution < 1.29 is 14.3 Å². The first kappa shape index (κ1) is 20.5. The fourth-order valence-electron chi connectivity index (χ4n) is 4.05. The van der Waals surface area contributed by atoms with Gasteiger partial charge in [0.2, 0.25) is 11.9 Å². The maximum Gasteiger partial charge on any atom is 0.227 e. The lowest BCUT2D eigenvalue weighted by Crippen LogP contribution is -2.48. The molecule has 3 heterocycles. The second-order valence-corrected chi connectivity index (χ2v) is 7.85. The highest BCUT2D eigenvalue weighted by molar-refractivity contribution is 5.93. The Morgan fingerprint density at radius 1 is 0.867 bits per heavy atom. The third-order valence-electron chi connectivity index (χ3n) is 5.98. The van der Waals surface area contributed by atoms with E-state index in [1.54, 1.807) is 21.1 Å². The van der Waals surface area contributed by atoms with E-state index < -0.39 is 0 Å². The van der Waals surface area contributed by atoms with Gasteiger partial charge >= 0.3 is 0 Å². The Morgan fingerprint density at radius 3 is 2.07 bits per heavy atom. The highest BCUT2D eigenvalue weighted by Crippen LogP contribution is 2.36. The molecule has 4 rings (SSSR count). The molecular formula is C21H30N6O3. The fourth-order valence-corrected chi connectivity index (χ4v) is 4.05. The molecule has 2 aromatic rings. The molecule has 0 unspecified atom stereocenters. The second kappa shape index (κ2) is 8.51. The number of anilines is 2. The molecule has 9 nitrogen and oxygen atoms in total. The van der Waals surface area contributed by atoms with Crippen molar-refractivity contribution in [2.24, 2.45) is 0 Å². The number of carbonyl (C=O) groups excluding carboxylic acids is 1. The van der Waals surface area contributed by atoms with Crippen LogP contribution in [0.4, 0.5) is 11.8 Å². The van der Waals surface area contributed by atoms with E-state index in [-0.39, 0.29) is 5.91 Å². The van der Waals surface area contributed by atoms with Gasteiger partial charge in [-0.3, -0.25) is 4.79 Å². The molecule has 1 aromatic heterocycles. The summed E-state index contributed by atoms with van der Waals surface area (Å²) >= 11 is 0. The minimum atomic E-state index is 0.117. The number of likely N-dealkylation sites (N-methyl/N-ethyl adjacent to an activating group) is 1. The van der Waals surface area contributed by atoms with Crippen molar-refractivity contribution in [1.82, 2.24) is 19.8 Å². The van der Waals surface area contributed by atoms with Crippen LogP contribution in [-0.4, -0.2) is 99.3 Å². The highest BCUT2D eigenvalue weighted by Gasteiger charge is 2.25. The number of methoxy groups -OCH3 is 2. The van der Waals surface area contributed by atoms with Gasteiger partial charge in [-0.05, 0) is 13.1 Å². The SMILES string of the molecule is COc1cc2nc(N3CCN(C)CC3)nc(N3CCN(C(C)=O)CC3)c2cc1OC. The average molecular weight is 415 g/mol. The summed E-state index contributed by atoms with van der Waals surface area (Å²) in [4.78, 5) is 30.3. The van der Waals surface area contributed by atoms with Gasteiger partial charge in [-0.1, -0.05) is 0 Å². The summed E-state index contributed by atoms with van der Waals surface area (Å²) in [5.74, 6) is 3.06. The van der Waals surface area contributed by atoms with Crippen molar-refractivity contribution in [3.63, 3.8) is 0 Å². The van der Waals surface area contributed by atoms with Crippen LogP contribution in [0.15, 0.2) is 12.1 Å². The van der Waals surface area contributed by atoms with Crippen LogP contribution in [0, 0.1) is 0 Å². The van der Waals surface area contributed by atoms with Crippen LogP contribution in [-0.2, 0) is 4.79 Å². The van der Waals surface area contributed by atoms with Gasteiger partial charge in [-0.25, -0.2) is 4.98 Å². The Hall–Kier alpha value is -2.81. The lowest BCUT2D eigenvalue weighted by molar-refractivity contribution is -0.129. The zero-order chi connectivity index (χ0) is 21.3. The van der Waals surface area contributed by atoms with E-state index in [9.17, 15) is 4.79 Å². The number of ether oxygens (including phenoxy) is 2. The number of aromatic nitrogens is 2. The predicted molar refractivity (Wildman–Crippen MR) is 117 cm³/mol. The molecule has 162 valence electrons. The maximum absolute atomic E-state index is 11.7. The molecule has 0 aliphatic carbocycles. The molecule has 2 saturated heterocycles. The average Bonchev–Trinajstić information content (AvgIpc) is 2.77. The van der Waals surface area contributed by atoms with Crippen molar-refractivity contribution in [2.45, 2.75) is 6.92 Å². The van der Waals surface area contributed by atoms with Crippen molar-refractivity contribution >= 4 is 28.6 Å². The largest absolute Gasteiger partial charge is 0.493 e. The summed E-state index contributed by atoms with van der Waals surface area (Å²) in [5, 5.41) is 0.932. The van der Waals surface area contributed by atoms with Crippen LogP contribution in [0.5, 0.6) is 11.5 Å². The van der Waals surface area contributed by atoms with E-state index in [0.29, 0.717) is 24.6 Å². The molecular weight excluding hydrogens is 384 g/mol. The third kappa shape index (κ3) is 3.94. The normalized spacial score (nSPS) is 18.1. The molecule has 2 aliphatic rings. The molecule has 2 fully saturated rings. The zero-order valence-electron chi connectivity index (χ0n) is 18.2. The number of benzene rings is 1. The summed E-state index contributed by atoms with van der Waals surface area (Å²) in [6.45, 7) is 8.25. The number of hydrogen-bond acceptors (Lipinski definition) is 8. The van der Waals surface area contributed by atoms with E-state index >= 15 is 0 Å². The van der Waals surface area contributed by atoms with Gasteiger partial charge in [0.15, 0.2) is 11.5 Å². The molecule has 0 spiro atoms. The van der Waals surface area contributed by atoms with Crippen LogP contribution >= 0.6 is 0 Å². The maximum atomic E-state index is 11.7. The van der Waals surface area contributed by atoms with E-state index in [1.165, 1.54) is 0 Å². The molecule has 9 heteroatoms. The topological polar surface area (TPSA) is 74.3 Å². The molecule has 0 bridgehead atoms. The fraction of sp³-hybridized carbons (Fsp3) is 0.571. The van der Waals surface area contributed by atoms with E-state index in [2.05, 4.69) is 21.7 Å². The summed E-state index contributed by atoms with van der Waals surface area (Å²) in [6, 6.07) is 3.87. The summed E-state index contributed by atoms with van der Waals surface area (Å²) in [6.07, 6.45) is 0. The first-order chi connectivity index (χ1) is 14.5. The molecule has 0 saturated carbocycles. The third-order valence-corrected chi connectivity index (χ3v) is 5.98. The molecule has 2 aliphatic heterocycles. The van der Waals surface area contributed by atoms with Crippen molar-refractivity contribution in [3.05, 3.63) is 12.1 Å². The summed E-state index contributed by atoms with van der Waals surface area (Å²) in [5.41, 5.74) is 0.834.